The van der Waals surface area contributed by atoms with E-state index in [9.17, 15) is 13.6 Å². The molecule has 1 saturated heterocycles. The third kappa shape index (κ3) is 4.52. The Morgan fingerprint density at radius 2 is 1.84 bits per heavy atom. The Balaban J connectivity index is 1.63. The number of fused-ring (bicyclic) bond motifs is 3. The summed E-state index contributed by atoms with van der Waals surface area (Å²) in [7, 11) is 3.20. The predicted molar refractivity (Wildman–Crippen MR) is 119 cm³/mol. The first-order chi connectivity index (χ1) is 15.3. The van der Waals surface area contributed by atoms with Gasteiger partial charge in [-0.25, -0.2) is 8.78 Å². The van der Waals surface area contributed by atoms with Gasteiger partial charge in [0.15, 0.2) is 11.3 Å². The van der Waals surface area contributed by atoms with Crippen molar-refractivity contribution < 1.29 is 23.0 Å². The summed E-state index contributed by atoms with van der Waals surface area (Å²) in [6.45, 7) is 3.87. The van der Waals surface area contributed by atoms with Crippen molar-refractivity contribution in [2.75, 3.05) is 45.4 Å². The number of benzene rings is 1. The minimum Gasteiger partial charge on any atom is -0.476 e. The van der Waals surface area contributed by atoms with Gasteiger partial charge in [0.1, 0.15) is 12.7 Å². The number of aromatic nitrogens is 1. The number of rotatable bonds is 7. The summed E-state index contributed by atoms with van der Waals surface area (Å²) in [6.07, 6.45) is 0.300. The highest BCUT2D eigenvalue weighted by atomic mass is 19.3. The summed E-state index contributed by atoms with van der Waals surface area (Å²) in [4.78, 5) is 14.7. The lowest BCUT2D eigenvalue weighted by molar-refractivity contribution is -0.0220. The molecular weight excluding hydrogens is 418 g/mol. The first-order valence-corrected chi connectivity index (χ1v) is 11.0. The summed E-state index contributed by atoms with van der Waals surface area (Å²) in [5.41, 5.74) is 4.51. The molecule has 0 saturated carbocycles. The molecule has 32 heavy (non-hydrogen) atoms. The fourth-order valence-corrected chi connectivity index (χ4v) is 4.50. The Hall–Kier alpha value is -2.45. The molecule has 0 aliphatic carbocycles. The van der Waals surface area contributed by atoms with Crippen LogP contribution in [0.2, 0.25) is 0 Å². The molecule has 0 amide bonds. The van der Waals surface area contributed by atoms with Crippen LogP contribution in [0.3, 0.4) is 0 Å². The number of nitrogens with zero attached hydrogens (tertiary/aromatic N) is 2. The van der Waals surface area contributed by atoms with Crippen LogP contribution in [0.4, 0.5) is 14.5 Å². The van der Waals surface area contributed by atoms with Crippen molar-refractivity contribution in [3.05, 3.63) is 45.6 Å². The Kier molecular flexibility index (Phi) is 6.53. The smallest absolute Gasteiger partial charge is 0.251 e. The lowest BCUT2D eigenvalue weighted by Crippen LogP contribution is -2.39. The molecule has 1 fully saturated rings. The van der Waals surface area contributed by atoms with Crippen LogP contribution < -0.4 is 15.1 Å². The van der Waals surface area contributed by atoms with Gasteiger partial charge in [0.2, 0.25) is 0 Å². The molecule has 4 rings (SSSR count). The standard InChI is InChI=1S/C24H30F2N2O4/c1-16-21(29)13-22(32-15-19(31-3)14-30-2)28-9-6-17-12-18(4-5-20(17)23(16)28)27-10-7-24(25,26)8-11-27/h4-5,12-13,19H,6-11,14-15H2,1-3H3/t19-/m0/s1. The molecule has 0 unspecified atom stereocenters. The predicted octanol–water partition coefficient (Wildman–Crippen LogP) is 3.66. The summed E-state index contributed by atoms with van der Waals surface area (Å²) in [6, 6.07) is 7.58. The largest absolute Gasteiger partial charge is 0.476 e. The molecular formula is C24H30F2N2O4. The normalized spacial score (nSPS) is 18.1. The number of anilines is 1. The average Bonchev–Trinajstić information content (AvgIpc) is 2.78. The zero-order valence-electron chi connectivity index (χ0n) is 18.8. The van der Waals surface area contributed by atoms with Crippen LogP contribution in [-0.4, -0.2) is 57.1 Å². The van der Waals surface area contributed by atoms with Crippen LogP contribution in [0.1, 0.15) is 24.0 Å². The Labute approximate surface area is 186 Å². The van der Waals surface area contributed by atoms with Crippen molar-refractivity contribution in [2.24, 2.45) is 0 Å². The number of piperidine rings is 1. The molecule has 0 N–H and O–H groups in total. The Bertz CT molecular complexity index is 1030. The van der Waals surface area contributed by atoms with Crippen LogP contribution in [0.15, 0.2) is 29.1 Å². The van der Waals surface area contributed by atoms with E-state index in [1.807, 2.05) is 28.5 Å². The monoisotopic (exact) mass is 448 g/mol. The molecule has 1 atom stereocenters. The third-order valence-corrected chi connectivity index (χ3v) is 6.43. The van der Waals surface area contributed by atoms with E-state index >= 15 is 0 Å². The van der Waals surface area contributed by atoms with Crippen molar-refractivity contribution in [1.82, 2.24) is 4.57 Å². The number of aryl methyl sites for hydroxylation is 1. The van der Waals surface area contributed by atoms with Crippen molar-refractivity contribution in [2.45, 2.75) is 44.8 Å². The van der Waals surface area contributed by atoms with Gasteiger partial charge in [-0.2, -0.15) is 0 Å². The quantitative estimate of drug-likeness (QED) is 0.647. The SMILES string of the molecule is COC[C@@H](COc1cc(=O)c(C)c2n1CCc1cc(N3CCC(F)(F)CC3)ccc1-2)OC. The zero-order valence-corrected chi connectivity index (χ0v) is 18.8. The van der Waals surface area contributed by atoms with E-state index < -0.39 is 5.92 Å². The fraction of sp³-hybridized carbons (Fsp3) is 0.542. The molecule has 174 valence electrons. The number of hydrogen-bond donors (Lipinski definition) is 0. The number of pyridine rings is 1. The lowest BCUT2D eigenvalue weighted by Gasteiger charge is -2.34. The van der Waals surface area contributed by atoms with E-state index in [2.05, 4.69) is 6.07 Å². The van der Waals surface area contributed by atoms with Crippen molar-refractivity contribution in [3.63, 3.8) is 0 Å². The Morgan fingerprint density at radius 1 is 1.09 bits per heavy atom. The van der Waals surface area contributed by atoms with Crippen LogP contribution in [0.25, 0.3) is 11.3 Å². The molecule has 0 bridgehead atoms. The highest BCUT2D eigenvalue weighted by Crippen LogP contribution is 2.37. The number of alkyl halides is 2. The molecule has 0 radical (unpaired) electrons. The molecule has 1 aromatic heterocycles. The van der Waals surface area contributed by atoms with Crippen LogP contribution in [0, 0.1) is 6.92 Å². The van der Waals surface area contributed by atoms with E-state index in [1.54, 1.807) is 14.2 Å². The zero-order chi connectivity index (χ0) is 22.9. The van der Waals surface area contributed by atoms with E-state index in [-0.39, 0.29) is 31.0 Å². The second kappa shape index (κ2) is 9.19. The number of methoxy groups -OCH3 is 2. The van der Waals surface area contributed by atoms with Crippen LogP contribution in [-0.2, 0) is 22.4 Å². The maximum Gasteiger partial charge on any atom is 0.251 e. The first-order valence-electron chi connectivity index (χ1n) is 11.0. The number of hydrogen-bond acceptors (Lipinski definition) is 5. The maximum atomic E-state index is 13.5. The third-order valence-electron chi connectivity index (χ3n) is 6.43. The van der Waals surface area contributed by atoms with Crippen molar-refractivity contribution in [3.8, 4) is 17.1 Å². The van der Waals surface area contributed by atoms with Crippen molar-refractivity contribution >= 4 is 5.69 Å². The Morgan fingerprint density at radius 3 is 2.53 bits per heavy atom. The van der Waals surface area contributed by atoms with E-state index in [0.717, 1.165) is 28.9 Å². The van der Waals surface area contributed by atoms with Crippen LogP contribution in [0.5, 0.6) is 5.88 Å². The first kappa shape index (κ1) is 22.7. The molecule has 2 aliphatic heterocycles. The fourth-order valence-electron chi connectivity index (χ4n) is 4.50. The maximum absolute atomic E-state index is 13.5. The number of ether oxygens (including phenoxy) is 3. The van der Waals surface area contributed by atoms with Gasteiger partial charge in [-0.1, -0.05) is 6.07 Å². The molecule has 0 spiro atoms. The molecule has 8 heteroatoms. The van der Waals surface area contributed by atoms with E-state index in [1.165, 1.54) is 6.07 Å². The summed E-state index contributed by atoms with van der Waals surface area (Å²) in [5, 5.41) is 0. The van der Waals surface area contributed by atoms with Gasteiger partial charge in [-0.05, 0) is 31.0 Å². The summed E-state index contributed by atoms with van der Waals surface area (Å²) >= 11 is 0. The van der Waals surface area contributed by atoms with Gasteiger partial charge in [0.05, 0.1) is 12.3 Å². The minimum absolute atomic E-state index is 0.0813. The summed E-state index contributed by atoms with van der Waals surface area (Å²) in [5.74, 6) is -2.05. The molecule has 2 aromatic rings. The second-order valence-corrected chi connectivity index (χ2v) is 8.53. The van der Waals surface area contributed by atoms with Gasteiger partial charge in [0.25, 0.3) is 5.92 Å². The van der Waals surface area contributed by atoms with Crippen LogP contribution >= 0.6 is 0 Å². The molecule has 2 aliphatic rings. The molecule has 3 heterocycles. The molecule has 1 aromatic carbocycles. The highest BCUT2D eigenvalue weighted by Gasteiger charge is 2.34. The number of halogens is 2. The summed E-state index contributed by atoms with van der Waals surface area (Å²) < 4.78 is 45.6. The van der Waals surface area contributed by atoms with E-state index in [4.69, 9.17) is 14.2 Å². The van der Waals surface area contributed by atoms with Gasteiger partial charge >= 0.3 is 0 Å². The van der Waals surface area contributed by atoms with Gasteiger partial charge in [-0.15, -0.1) is 0 Å². The van der Waals surface area contributed by atoms with Gasteiger partial charge < -0.3 is 23.7 Å². The minimum atomic E-state index is -2.57. The lowest BCUT2D eigenvalue weighted by atomic mass is 9.93. The highest BCUT2D eigenvalue weighted by molar-refractivity contribution is 5.72. The van der Waals surface area contributed by atoms with Crippen molar-refractivity contribution in [1.29, 1.82) is 0 Å². The molecule has 6 nitrogen and oxygen atoms in total. The topological polar surface area (TPSA) is 52.9 Å². The second-order valence-electron chi connectivity index (χ2n) is 8.53. The van der Waals surface area contributed by atoms with Gasteiger partial charge in [0, 0.05) is 69.6 Å². The van der Waals surface area contributed by atoms with Gasteiger partial charge in [-0.3, -0.25) is 4.79 Å². The average molecular weight is 449 g/mol. The van der Waals surface area contributed by atoms with E-state index in [0.29, 0.717) is 37.7 Å².